The monoisotopic (exact) mass is 1170 g/mol. The number of allylic oxidation sites excluding steroid dienone is 9. The van der Waals surface area contributed by atoms with Crippen molar-refractivity contribution in [2.24, 2.45) is 0 Å². The van der Waals surface area contributed by atoms with Gasteiger partial charge in [-0.15, -0.1) is 0 Å². The number of carbonyl (C=O) groups is 2. The second-order valence-corrected chi connectivity index (χ2v) is 24.2. The van der Waals surface area contributed by atoms with Crippen molar-refractivity contribution in [1.82, 2.24) is 5.32 Å². The molecule has 0 aromatic heterocycles. The number of rotatable bonds is 61. The van der Waals surface area contributed by atoms with Crippen LogP contribution >= 0.6 is 0 Å². The van der Waals surface area contributed by atoms with Gasteiger partial charge >= 0.3 is 5.97 Å². The Balaban J connectivity index is 1.94. The first kappa shape index (κ1) is 78.4. The third kappa shape index (κ3) is 50.1. The van der Waals surface area contributed by atoms with E-state index in [1.165, 1.54) is 225 Å². The van der Waals surface area contributed by atoms with Crippen LogP contribution in [0.15, 0.2) is 60.8 Å². The Bertz CT molecular complexity index is 1560. The molecule has 83 heavy (non-hydrogen) atoms. The molecule has 7 unspecified atom stereocenters. The standard InChI is InChI=1S/C72H131NO10/c1-3-5-7-9-11-13-15-16-37-40-44-48-52-56-60-68(77)81-61-57-53-49-45-41-38-35-33-31-29-27-25-23-21-19-17-18-20-22-24-26-28-30-32-34-36-39-43-47-51-55-59-67(76)73-64(63-82-72-71(80)70(79)69(78)66(62-74)83-72)65(75)58-54-50-46-42-14-12-10-8-6-4-2/h9,11,15-16,19,21,25,27,54,58,64-66,69-72,74-75,78-80H,3-8,10,12-14,17-18,20,22-24,26,28-53,55-57,59-63H2,1-2H3,(H,73,76)/b11-9-,16-15-,21-19-,27-25-,58-54+. The van der Waals surface area contributed by atoms with Gasteiger partial charge in [0.1, 0.15) is 24.4 Å². The largest absolute Gasteiger partial charge is 0.466 e. The van der Waals surface area contributed by atoms with Gasteiger partial charge in [-0.2, -0.15) is 0 Å². The second-order valence-electron chi connectivity index (χ2n) is 24.2. The summed E-state index contributed by atoms with van der Waals surface area (Å²) in [6, 6.07) is -0.809. The molecule has 1 fully saturated rings. The Labute approximate surface area is 509 Å². The second kappa shape index (κ2) is 61.0. The maximum Gasteiger partial charge on any atom is 0.305 e. The Morgan fingerprint density at radius 3 is 1.25 bits per heavy atom. The molecule has 0 aromatic carbocycles. The number of amides is 1. The first-order valence-electron chi connectivity index (χ1n) is 35.1. The smallest absolute Gasteiger partial charge is 0.305 e. The Hall–Kier alpha value is -2.64. The summed E-state index contributed by atoms with van der Waals surface area (Å²) >= 11 is 0. The first-order chi connectivity index (χ1) is 40.7. The zero-order valence-corrected chi connectivity index (χ0v) is 53.7. The van der Waals surface area contributed by atoms with Crippen molar-refractivity contribution in [3.63, 3.8) is 0 Å². The van der Waals surface area contributed by atoms with Gasteiger partial charge in [0.25, 0.3) is 0 Å². The van der Waals surface area contributed by atoms with Crippen LogP contribution in [0.5, 0.6) is 0 Å². The fourth-order valence-corrected chi connectivity index (χ4v) is 10.8. The highest BCUT2D eigenvalue weighted by molar-refractivity contribution is 5.76. The van der Waals surface area contributed by atoms with Gasteiger partial charge in [-0.25, -0.2) is 0 Å². The van der Waals surface area contributed by atoms with E-state index in [4.69, 9.17) is 14.2 Å². The number of esters is 1. The van der Waals surface area contributed by atoms with Crippen LogP contribution in [0.25, 0.3) is 0 Å². The quantitative estimate of drug-likeness (QED) is 0.0195. The minimum absolute atomic E-state index is 0.00980. The average Bonchev–Trinajstić information content (AvgIpc) is 3.69. The third-order valence-corrected chi connectivity index (χ3v) is 16.3. The van der Waals surface area contributed by atoms with Crippen LogP contribution in [-0.2, 0) is 23.8 Å². The van der Waals surface area contributed by atoms with Gasteiger partial charge in [0.2, 0.25) is 5.91 Å². The predicted molar refractivity (Wildman–Crippen MR) is 347 cm³/mol. The molecule has 1 aliphatic rings. The van der Waals surface area contributed by atoms with Crippen molar-refractivity contribution in [3.05, 3.63) is 60.8 Å². The topological polar surface area (TPSA) is 175 Å². The lowest BCUT2D eigenvalue weighted by atomic mass is 9.99. The van der Waals surface area contributed by atoms with Crippen LogP contribution in [0.1, 0.15) is 322 Å². The molecule has 484 valence electrons. The summed E-state index contributed by atoms with van der Waals surface area (Å²) in [7, 11) is 0. The lowest BCUT2D eigenvalue weighted by Crippen LogP contribution is -2.60. The molecule has 1 heterocycles. The van der Waals surface area contributed by atoms with Crippen LogP contribution in [0, 0.1) is 0 Å². The summed E-state index contributed by atoms with van der Waals surface area (Å²) in [6.07, 6.45) is 70.7. The molecule has 0 aromatic rings. The molecule has 7 atom stereocenters. The maximum absolute atomic E-state index is 13.0. The molecule has 1 saturated heterocycles. The highest BCUT2D eigenvalue weighted by atomic mass is 16.7. The van der Waals surface area contributed by atoms with E-state index in [1.54, 1.807) is 6.08 Å². The molecule has 0 radical (unpaired) electrons. The Kier molecular flexibility index (Phi) is 57.6. The summed E-state index contributed by atoms with van der Waals surface area (Å²) in [5.41, 5.74) is 0. The number of nitrogens with one attached hydrogen (secondary N) is 1. The fraction of sp³-hybridized carbons (Fsp3) is 0.833. The number of unbranched alkanes of at least 4 members (excludes halogenated alkanes) is 39. The molecule has 6 N–H and O–H groups in total. The summed E-state index contributed by atoms with van der Waals surface area (Å²) in [6.45, 7) is 4.29. The molecule has 1 amide bonds. The van der Waals surface area contributed by atoms with Gasteiger partial charge in [-0.3, -0.25) is 9.59 Å². The van der Waals surface area contributed by atoms with E-state index in [1.807, 2.05) is 6.08 Å². The van der Waals surface area contributed by atoms with Crippen LogP contribution < -0.4 is 5.32 Å². The van der Waals surface area contributed by atoms with Crippen molar-refractivity contribution < 1.29 is 49.3 Å². The zero-order chi connectivity index (χ0) is 60.2. The number of carbonyl (C=O) groups excluding carboxylic acids is 2. The minimum atomic E-state index is -1.57. The maximum atomic E-state index is 13.0. The summed E-state index contributed by atoms with van der Waals surface area (Å²) < 4.78 is 16.7. The highest BCUT2D eigenvalue weighted by Crippen LogP contribution is 2.23. The van der Waals surface area contributed by atoms with Gasteiger partial charge in [-0.05, 0) is 89.9 Å². The number of aliphatic hydroxyl groups excluding tert-OH is 5. The highest BCUT2D eigenvalue weighted by Gasteiger charge is 2.44. The van der Waals surface area contributed by atoms with Crippen molar-refractivity contribution >= 4 is 11.9 Å². The van der Waals surface area contributed by atoms with Crippen molar-refractivity contribution in [2.75, 3.05) is 19.8 Å². The fourth-order valence-electron chi connectivity index (χ4n) is 10.8. The van der Waals surface area contributed by atoms with Crippen molar-refractivity contribution in [2.45, 2.75) is 365 Å². The average molecular weight is 1170 g/mol. The molecular weight excluding hydrogens is 1040 g/mol. The van der Waals surface area contributed by atoms with Crippen LogP contribution in [0.4, 0.5) is 0 Å². The molecule has 1 rings (SSSR count). The number of hydrogen-bond acceptors (Lipinski definition) is 10. The molecule has 0 bridgehead atoms. The SMILES string of the molecule is CCCC/C=C\C/C=C\CCCCCCCC(=O)OCCCCCCCCCCC/C=C\C/C=C\CCCCCCCCCCCCCCCCCC(=O)NC(COC1OC(CO)C(O)C(O)C1O)C(O)/C=C/CCCCCCCCCC. The van der Waals surface area contributed by atoms with Crippen molar-refractivity contribution in [1.29, 1.82) is 0 Å². The number of ether oxygens (including phenoxy) is 3. The van der Waals surface area contributed by atoms with Gasteiger partial charge in [0.15, 0.2) is 6.29 Å². The molecular formula is C72H131NO10. The Morgan fingerprint density at radius 2 is 0.819 bits per heavy atom. The molecule has 11 nitrogen and oxygen atoms in total. The third-order valence-electron chi connectivity index (χ3n) is 16.3. The van der Waals surface area contributed by atoms with Crippen LogP contribution in [-0.4, -0.2) is 100 Å². The number of hydrogen-bond donors (Lipinski definition) is 6. The molecule has 0 saturated carbocycles. The molecule has 11 heteroatoms. The van der Waals surface area contributed by atoms with E-state index in [0.717, 1.165) is 70.6 Å². The van der Waals surface area contributed by atoms with Gasteiger partial charge in [0, 0.05) is 12.8 Å². The van der Waals surface area contributed by atoms with E-state index >= 15 is 0 Å². The Morgan fingerprint density at radius 1 is 0.446 bits per heavy atom. The first-order valence-corrected chi connectivity index (χ1v) is 35.1. The lowest BCUT2D eigenvalue weighted by molar-refractivity contribution is -0.302. The van der Waals surface area contributed by atoms with E-state index < -0.39 is 49.5 Å². The molecule has 1 aliphatic heterocycles. The molecule has 0 spiro atoms. The molecule has 0 aliphatic carbocycles. The minimum Gasteiger partial charge on any atom is -0.466 e. The van der Waals surface area contributed by atoms with E-state index in [9.17, 15) is 35.1 Å². The van der Waals surface area contributed by atoms with E-state index in [-0.39, 0.29) is 18.5 Å². The van der Waals surface area contributed by atoms with E-state index in [0.29, 0.717) is 19.4 Å². The van der Waals surface area contributed by atoms with Gasteiger partial charge in [0.05, 0.1) is 32.0 Å². The normalized spacial score (nSPS) is 18.5. The lowest BCUT2D eigenvalue weighted by Gasteiger charge is -2.40. The van der Waals surface area contributed by atoms with E-state index in [2.05, 4.69) is 67.8 Å². The van der Waals surface area contributed by atoms with Crippen molar-refractivity contribution in [3.8, 4) is 0 Å². The zero-order valence-electron chi connectivity index (χ0n) is 53.7. The number of aliphatic hydroxyl groups is 5. The van der Waals surface area contributed by atoms with Gasteiger partial charge in [-0.1, -0.05) is 280 Å². The predicted octanol–water partition coefficient (Wildman–Crippen LogP) is 17.7. The summed E-state index contributed by atoms with van der Waals surface area (Å²) in [5, 5.41) is 54.3. The summed E-state index contributed by atoms with van der Waals surface area (Å²) in [4.78, 5) is 25.1. The van der Waals surface area contributed by atoms with Crippen LogP contribution in [0.3, 0.4) is 0 Å². The van der Waals surface area contributed by atoms with Gasteiger partial charge < -0.3 is 45.1 Å². The van der Waals surface area contributed by atoms with Crippen LogP contribution in [0.2, 0.25) is 0 Å². The summed E-state index contributed by atoms with van der Waals surface area (Å²) in [5.74, 6) is -0.192.